The Kier molecular flexibility index (Phi) is 4.17. The van der Waals surface area contributed by atoms with Gasteiger partial charge in [0.05, 0.1) is 11.6 Å². The van der Waals surface area contributed by atoms with Gasteiger partial charge in [0.15, 0.2) is 0 Å². The molecular weight excluding hydrogens is 216 g/mol. The van der Waals surface area contributed by atoms with Crippen LogP contribution in [-0.4, -0.2) is 16.2 Å². The standard InChI is InChI=1S/C11H9ClO3/c12-10-5-4-8(7-13)6-9(10)2-1-3-11(14)15/h4-6,13H,3,7H2,(H,14,15). The molecule has 15 heavy (non-hydrogen) atoms. The van der Waals surface area contributed by atoms with Gasteiger partial charge in [0.25, 0.3) is 0 Å². The molecular formula is C11H9ClO3. The van der Waals surface area contributed by atoms with Crippen LogP contribution in [0.25, 0.3) is 0 Å². The highest BCUT2D eigenvalue weighted by Crippen LogP contribution is 2.16. The van der Waals surface area contributed by atoms with Crippen LogP contribution in [0.15, 0.2) is 18.2 Å². The molecule has 0 spiro atoms. The smallest absolute Gasteiger partial charge is 0.315 e. The highest BCUT2D eigenvalue weighted by atomic mass is 35.5. The first-order valence-electron chi connectivity index (χ1n) is 4.23. The lowest BCUT2D eigenvalue weighted by Crippen LogP contribution is -1.91. The molecule has 0 atom stereocenters. The third kappa shape index (κ3) is 3.62. The summed E-state index contributed by atoms with van der Waals surface area (Å²) < 4.78 is 0. The first-order chi connectivity index (χ1) is 7.13. The Morgan fingerprint density at radius 1 is 1.47 bits per heavy atom. The summed E-state index contributed by atoms with van der Waals surface area (Å²) in [6.45, 7) is -0.0925. The normalized spacial score (nSPS) is 9.20. The number of hydrogen-bond donors (Lipinski definition) is 2. The number of benzene rings is 1. The first kappa shape index (κ1) is 11.6. The number of aliphatic carboxylic acids is 1. The van der Waals surface area contributed by atoms with Crippen molar-refractivity contribution in [2.75, 3.05) is 0 Å². The molecule has 0 aromatic heterocycles. The van der Waals surface area contributed by atoms with E-state index in [1.54, 1.807) is 18.2 Å². The van der Waals surface area contributed by atoms with Gasteiger partial charge in [-0.15, -0.1) is 0 Å². The molecule has 3 nitrogen and oxygen atoms in total. The molecule has 78 valence electrons. The van der Waals surface area contributed by atoms with Crippen molar-refractivity contribution in [2.24, 2.45) is 0 Å². The van der Waals surface area contributed by atoms with Crippen LogP contribution in [0.1, 0.15) is 17.5 Å². The molecule has 0 saturated heterocycles. The number of halogens is 1. The molecule has 1 aromatic carbocycles. The minimum Gasteiger partial charge on any atom is -0.481 e. The summed E-state index contributed by atoms with van der Waals surface area (Å²) in [6, 6.07) is 4.94. The van der Waals surface area contributed by atoms with Crippen LogP contribution in [0.3, 0.4) is 0 Å². The van der Waals surface area contributed by atoms with Gasteiger partial charge in [0.1, 0.15) is 6.42 Å². The number of rotatable bonds is 2. The van der Waals surface area contributed by atoms with E-state index in [2.05, 4.69) is 11.8 Å². The van der Waals surface area contributed by atoms with Gasteiger partial charge in [0, 0.05) is 5.56 Å². The number of aliphatic hydroxyl groups excluding tert-OH is 1. The largest absolute Gasteiger partial charge is 0.481 e. The average molecular weight is 225 g/mol. The van der Waals surface area contributed by atoms with E-state index < -0.39 is 5.97 Å². The first-order valence-corrected chi connectivity index (χ1v) is 4.61. The van der Waals surface area contributed by atoms with Gasteiger partial charge in [-0.05, 0) is 17.7 Å². The Morgan fingerprint density at radius 3 is 2.80 bits per heavy atom. The van der Waals surface area contributed by atoms with Crippen molar-refractivity contribution in [1.29, 1.82) is 0 Å². The number of carboxylic acid groups (broad SMARTS) is 1. The van der Waals surface area contributed by atoms with Crippen molar-refractivity contribution in [2.45, 2.75) is 13.0 Å². The molecule has 4 heteroatoms. The Bertz CT molecular complexity index is 429. The van der Waals surface area contributed by atoms with Gasteiger partial charge < -0.3 is 10.2 Å². The van der Waals surface area contributed by atoms with Crippen LogP contribution in [0.4, 0.5) is 0 Å². The molecule has 0 aliphatic carbocycles. The predicted molar refractivity (Wildman–Crippen MR) is 56.5 cm³/mol. The van der Waals surface area contributed by atoms with Gasteiger partial charge in [-0.3, -0.25) is 4.79 Å². The topological polar surface area (TPSA) is 57.5 Å². The SMILES string of the molecule is O=C(O)CC#Cc1cc(CO)ccc1Cl. The summed E-state index contributed by atoms with van der Waals surface area (Å²) in [5.74, 6) is 4.15. The average Bonchev–Trinajstić information content (AvgIpc) is 2.20. The Morgan fingerprint density at radius 2 is 2.20 bits per heavy atom. The fraction of sp³-hybridized carbons (Fsp3) is 0.182. The van der Waals surface area contributed by atoms with Crippen LogP contribution < -0.4 is 0 Å². The van der Waals surface area contributed by atoms with E-state index in [0.29, 0.717) is 16.1 Å². The maximum absolute atomic E-state index is 10.2. The van der Waals surface area contributed by atoms with E-state index in [4.69, 9.17) is 21.8 Å². The Labute approximate surface area is 92.3 Å². The summed E-state index contributed by atoms with van der Waals surface area (Å²) in [5, 5.41) is 17.7. The highest BCUT2D eigenvalue weighted by Gasteiger charge is 1.98. The molecule has 0 aliphatic heterocycles. The molecule has 0 saturated carbocycles. The van der Waals surface area contributed by atoms with Gasteiger partial charge >= 0.3 is 5.97 Å². The molecule has 0 fully saturated rings. The van der Waals surface area contributed by atoms with Crippen molar-refractivity contribution in [3.63, 3.8) is 0 Å². The van der Waals surface area contributed by atoms with Crippen LogP contribution in [0, 0.1) is 11.8 Å². The zero-order chi connectivity index (χ0) is 11.3. The molecule has 0 aliphatic rings. The predicted octanol–water partition coefficient (Wildman–Crippen LogP) is 1.66. The second-order valence-corrected chi connectivity index (χ2v) is 3.25. The molecule has 1 rings (SSSR count). The minimum atomic E-state index is -0.975. The van der Waals surface area contributed by atoms with Crippen molar-refractivity contribution in [3.05, 3.63) is 34.3 Å². The van der Waals surface area contributed by atoms with E-state index in [1.807, 2.05) is 0 Å². The van der Waals surface area contributed by atoms with Crippen molar-refractivity contribution in [3.8, 4) is 11.8 Å². The molecule has 0 radical (unpaired) electrons. The maximum Gasteiger partial charge on any atom is 0.315 e. The summed E-state index contributed by atoms with van der Waals surface area (Å²) in [6.07, 6.45) is -0.223. The van der Waals surface area contributed by atoms with E-state index >= 15 is 0 Å². The van der Waals surface area contributed by atoms with E-state index in [-0.39, 0.29) is 13.0 Å². The van der Waals surface area contributed by atoms with Gasteiger partial charge in [-0.2, -0.15) is 0 Å². The molecule has 0 heterocycles. The van der Waals surface area contributed by atoms with Gasteiger partial charge in [0.2, 0.25) is 0 Å². The van der Waals surface area contributed by atoms with Crippen LogP contribution in [-0.2, 0) is 11.4 Å². The van der Waals surface area contributed by atoms with Crippen LogP contribution in [0.2, 0.25) is 5.02 Å². The van der Waals surface area contributed by atoms with E-state index in [0.717, 1.165) is 0 Å². The lowest BCUT2D eigenvalue weighted by molar-refractivity contribution is -0.135. The summed E-state index contributed by atoms with van der Waals surface area (Å²) in [7, 11) is 0. The second-order valence-electron chi connectivity index (χ2n) is 2.84. The monoisotopic (exact) mass is 224 g/mol. The number of carbonyl (C=O) groups is 1. The van der Waals surface area contributed by atoms with E-state index in [1.165, 1.54) is 0 Å². The molecule has 0 bridgehead atoms. The lowest BCUT2D eigenvalue weighted by Gasteiger charge is -1.99. The van der Waals surface area contributed by atoms with Crippen molar-refractivity contribution in [1.82, 2.24) is 0 Å². The third-order valence-corrected chi connectivity index (χ3v) is 2.01. The zero-order valence-electron chi connectivity index (χ0n) is 7.83. The zero-order valence-corrected chi connectivity index (χ0v) is 8.58. The number of aliphatic hydroxyl groups is 1. The summed E-state index contributed by atoms with van der Waals surface area (Å²) in [5.41, 5.74) is 1.23. The summed E-state index contributed by atoms with van der Waals surface area (Å²) in [4.78, 5) is 10.2. The third-order valence-electron chi connectivity index (χ3n) is 1.68. The second kappa shape index (κ2) is 5.40. The molecule has 0 amide bonds. The Hall–Kier alpha value is -1.50. The Balaban J connectivity index is 2.91. The van der Waals surface area contributed by atoms with Gasteiger partial charge in [-0.1, -0.05) is 29.5 Å². The highest BCUT2D eigenvalue weighted by molar-refractivity contribution is 6.31. The van der Waals surface area contributed by atoms with Crippen LogP contribution >= 0.6 is 11.6 Å². The fourth-order valence-corrected chi connectivity index (χ4v) is 1.15. The lowest BCUT2D eigenvalue weighted by atomic mass is 10.1. The van der Waals surface area contributed by atoms with Gasteiger partial charge in [-0.25, -0.2) is 0 Å². The summed E-state index contributed by atoms with van der Waals surface area (Å²) >= 11 is 5.84. The molecule has 1 aromatic rings. The van der Waals surface area contributed by atoms with Crippen LogP contribution in [0.5, 0.6) is 0 Å². The quantitative estimate of drug-likeness (QED) is 0.752. The van der Waals surface area contributed by atoms with E-state index in [9.17, 15) is 4.79 Å². The molecule has 2 N–H and O–H groups in total. The van der Waals surface area contributed by atoms with Crippen molar-refractivity contribution >= 4 is 17.6 Å². The molecule has 0 unspecified atom stereocenters. The fourth-order valence-electron chi connectivity index (χ4n) is 0.982. The van der Waals surface area contributed by atoms with Crippen molar-refractivity contribution < 1.29 is 15.0 Å². The minimum absolute atomic E-state index is 0.0925. The number of carboxylic acids is 1. The number of hydrogen-bond acceptors (Lipinski definition) is 2. The maximum atomic E-state index is 10.2.